The molecule has 0 aromatic heterocycles. The highest BCUT2D eigenvalue weighted by molar-refractivity contribution is 5.89. The molecule has 6 nitrogen and oxygen atoms in total. The fourth-order valence-corrected chi connectivity index (χ4v) is 1.85. The minimum atomic E-state index is -6.08. The second-order valence-electron chi connectivity index (χ2n) is 5.03. The van der Waals surface area contributed by atoms with Crippen molar-refractivity contribution in [1.29, 1.82) is 0 Å². The van der Waals surface area contributed by atoms with Crippen molar-refractivity contribution in [3.63, 3.8) is 0 Å². The maximum Gasteiger partial charge on any atom is 0.449 e. The lowest BCUT2D eigenvalue weighted by Gasteiger charge is -2.30. The Bertz CT molecular complexity index is 598. The topological polar surface area (TPSA) is 82.1 Å². The van der Waals surface area contributed by atoms with Crippen LogP contribution < -0.4 is 0 Å². The Labute approximate surface area is 139 Å². The van der Waals surface area contributed by atoms with E-state index in [1.165, 1.54) is 0 Å². The molecule has 0 aromatic rings. The summed E-state index contributed by atoms with van der Waals surface area (Å²) in [6.07, 6.45) is -17.0. The van der Waals surface area contributed by atoms with Gasteiger partial charge in [0.15, 0.2) is 0 Å². The van der Waals surface area contributed by atoms with Crippen LogP contribution in [0, 0.1) is 0 Å². The van der Waals surface area contributed by atoms with Gasteiger partial charge < -0.3 is 19.3 Å². The van der Waals surface area contributed by atoms with E-state index in [1.54, 1.807) is 0 Å². The number of aliphatic hydroxyl groups is 1. The summed E-state index contributed by atoms with van der Waals surface area (Å²) in [6.45, 7) is 1.24. The second-order valence-corrected chi connectivity index (χ2v) is 5.03. The van der Waals surface area contributed by atoms with Crippen molar-refractivity contribution in [2.75, 3.05) is 6.61 Å². The van der Waals surface area contributed by atoms with E-state index < -0.39 is 60.4 Å². The highest BCUT2D eigenvalue weighted by atomic mass is 19.4. The van der Waals surface area contributed by atoms with Gasteiger partial charge in [-0.3, -0.25) is 4.79 Å². The third-order valence-electron chi connectivity index (χ3n) is 3.11. The van der Waals surface area contributed by atoms with Gasteiger partial charge in [0, 0.05) is 6.92 Å². The molecule has 26 heavy (non-hydrogen) atoms. The van der Waals surface area contributed by atoms with Gasteiger partial charge in [0.1, 0.15) is 18.3 Å². The first-order valence-electron chi connectivity index (χ1n) is 6.40. The third kappa shape index (κ3) is 3.90. The molecule has 3 atom stereocenters. The lowest BCUT2D eigenvalue weighted by Crippen LogP contribution is -2.59. The number of carbonyl (C=O) groups excluding carboxylic acids is 2. The summed E-state index contributed by atoms with van der Waals surface area (Å²) in [7, 11) is 0. The molecule has 1 fully saturated rings. The lowest BCUT2D eigenvalue weighted by atomic mass is 10.0. The van der Waals surface area contributed by atoms with E-state index in [-0.39, 0.29) is 0 Å². The van der Waals surface area contributed by atoms with Crippen LogP contribution in [0.3, 0.4) is 0 Å². The molecule has 0 radical (unpaired) electrons. The van der Waals surface area contributed by atoms with Crippen molar-refractivity contribution in [2.45, 2.75) is 43.2 Å². The molecule has 0 spiro atoms. The number of hydrogen-bond donors (Lipinski definition) is 1. The van der Waals surface area contributed by atoms with Crippen molar-refractivity contribution < 1.29 is 64.0 Å². The first-order chi connectivity index (χ1) is 11.4. The molecule has 150 valence electrons. The van der Waals surface area contributed by atoms with Crippen LogP contribution in [0.25, 0.3) is 0 Å². The Morgan fingerprint density at radius 3 is 2.08 bits per heavy atom. The summed E-state index contributed by atoms with van der Waals surface area (Å²) in [5.74, 6) is -14.1. The molecular weight excluding hydrogens is 392 g/mol. The summed E-state index contributed by atoms with van der Waals surface area (Å²) in [6, 6.07) is 0. The Morgan fingerprint density at radius 2 is 1.69 bits per heavy atom. The Kier molecular flexibility index (Phi) is 5.64. The zero-order chi connectivity index (χ0) is 20.7. The minimum absolute atomic E-state index is 0.537. The number of halogens is 8. The van der Waals surface area contributed by atoms with E-state index in [1.807, 2.05) is 0 Å². The number of esters is 2. The molecule has 1 heterocycles. The highest BCUT2D eigenvalue weighted by Crippen LogP contribution is 2.52. The zero-order valence-corrected chi connectivity index (χ0v) is 12.6. The minimum Gasteiger partial charge on any atom is -0.459 e. The number of rotatable bonds is 4. The Hall–Kier alpha value is -1.96. The van der Waals surface area contributed by atoms with Crippen molar-refractivity contribution in [3.05, 3.63) is 12.2 Å². The average Bonchev–Trinajstić information content (AvgIpc) is 2.63. The van der Waals surface area contributed by atoms with Crippen molar-refractivity contribution in [3.8, 4) is 0 Å². The summed E-state index contributed by atoms with van der Waals surface area (Å²) in [4.78, 5) is 21.9. The van der Waals surface area contributed by atoms with Gasteiger partial charge in [-0.2, -0.15) is 35.1 Å². The van der Waals surface area contributed by atoms with Crippen molar-refractivity contribution >= 4 is 11.9 Å². The quantitative estimate of drug-likeness (QED) is 0.439. The van der Waals surface area contributed by atoms with E-state index in [2.05, 4.69) is 20.8 Å². The average molecular weight is 402 g/mol. The van der Waals surface area contributed by atoms with Gasteiger partial charge >= 0.3 is 36.0 Å². The smallest absolute Gasteiger partial charge is 0.449 e. The van der Waals surface area contributed by atoms with E-state index in [9.17, 15) is 49.8 Å². The predicted octanol–water partition coefficient (Wildman–Crippen LogP) is 1.86. The van der Waals surface area contributed by atoms with Crippen LogP contribution in [0.1, 0.15) is 6.92 Å². The number of ether oxygens (including phenoxy) is 3. The van der Waals surface area contributed by atoms with Crippen LogP contribution in [0.5, 0.6) is 0 Å². The summed E-state index contributed by atoms with van der Waals surface area (Å²) >= 11 is 0. The lowest BCUT2D eigenvalue weighted by molar-refractivity contribution is -0.409. The van der Waals surface area contributed by atoms with Crippen LogP contribution in [-0.2, 0) is 23.8 Å². The first-order valence-corrected chi connectivity index (χ1v) is 6.40. The highest BCUT2D eigenvalue weighted by Gasteiger charge is 2.81. The van der Waals surface area contributed by atoms with Gasteiger partial charge in [0.25, 0.3) is 0 Å². The molecule has 0 aromatic carbocycles. The maximum atomic E-state index is 13.9. The number of hydrogen-bond acceptors (Lipinski definition) is 6. The van der Waals surface area contributed by atoms with Gasteiger partial charge in [-0.1, -0.05) is 6.58 Å². The van der Waals surface area contributed by atoms with E-state index in [0.717, 1.165) is 0 Å². The summed E-state index contributed by atoms with van der Waals surface area (Å²) in [5, 5.41) is 9.19. The molecule has 0 aliphatic carbocycles. The van der Waals surface area contributed by atoms with Crippen molar-refractivity contribution in [1.82, 2.24) is 0 Å². The summed E-state index contributed by atoms with van der Waals surface area (Å²) in [5.41, 5.74) is -2.07. The second kappa shape index (κ2) is 6.64. The maximum absolute atomic E-state index is 13.9. The van der Waals surface area contributed by atoms with Crippen molar-refractivity contribution in [2.24, 2.45) is 0 Å². The first kappa shape index (κ1) is 22.1. The van der Waals surface area contributed by atoms with Gasteiger partial charge in [-0.05, 0) is 0 Å². The van der Waals surface area contributed by atoms with Crippen LogP contribution in [0.4, 0.5) is 35.1 Å². The molecule has 1 rings (SSSR count). The largest absolute Gasteiger partial charge is 0.459 e. The molecule has 0 bridgehead atoms. The molecule has 3 unspecified atom stereocenters. The SMILES string of the molecule is C=C(C(=O)OCC1OC(O)(C(F)(F)F)C(F)(F)C1OC(C)=O)C(F)(F)F. The van der Waals surface area contributed by atoms with Crippen LogP contribution >= 0.6 is 0 Å². The van der Waals surface area contributed by atoms with Gasteiger partial charge in [-0.15, -0.1) is 0 Å². The molecule has 0 amide bonds. The Balaban J connectivity index is 3.07. The van der Waals surface area contributed by atoms with E-state index >= 15 is 0 Å². The van der Waals surface area contributed by atoms with E-state index in [4.69, 9.17) is 0 Å². The molecule has 1 aliphatic rings. The number of alkyl halides is 8. The van der Waals surface area contributed by atoms with Gasteiger partial charge in [0.05, 0.1) is 0 Å². The zero-order valence-electron chi connectivity index (χ0n) is 12.6. The molecule has 0 saturated carbocycles. The van der Waals surface area contributed by atoms with Crippen LogP contribution in [-0.4, -0.2) is 59.9 Å². The fourth-order valence-electron chi connectivity index (χ4n) is 1.85. The van der Waals surface area contributed by atoms with Crippen LogP contribution in [0.2, 0.25) is 0 Å². The standard InChI is InChI=1S/C12H10F8O6/c1-4(10(15,16)17)8(22)24-3-6-7(25-5(2)21)9(13,14)11(23,26-6)12(18,19)20/h6-7,23H,1,3H2,2H3. The fraction of sp³-hybridized carbons (Fsp3) is 0.667. The van der Waals surface area contributed by atoms with Crippen LogP contribution in [0.15, 0.2) is 12.2 Å². The predicted molar refractivity (Wildman–Crippen MR) is 62.5 cm³/mol. The van der Waals surface area contributed by atoms with Gasteiger partial charge in [-0.25, -0.2) is 4.79 Å². The molecule has 1 aliphatic heterocycles. The molecular formula is C12H10F8O6. The summed E-state index contributed by atoms with van der Waals surface area (Å²) < 4.78 is 114. The molecule has 1 N–H and O–H groups in total. The monoisotopic (exact) mass is 402 g/mol. The van der Waals surface area contributed by atoms with Gasteiger partial charge in [0.2, 0.25) is 6.10 Å². The number of carbonyl (C=O) groups is 2. The van der Waals surface area contributed by atoms with E-state index in [0.29, 0.717) is 6.92 Å². The third-order valence-corrected chi connectivity index (χ3v) is 3.11. The molecule has 14 heteroatoms. The molecule has 1 saturated heterocycles. The normalized spacial score (nSPS) is 28.5. The Morgan fingerprint density at radius 1 is 1.19 bits per heavy atom.